The van der Waals surface area contributed by atoms with Crippen LogP contribution in [0, 0.1) is 10.5 Å². The van der Waals surface area contributed by atoms with Gasteiger partial charge in [0.1, 0.15) is 0 Å². The van der Waals surface area contributed by atoms with Crippen LogP contribution in [-0.2, 0) is 0 Å². The molecular formula is C14H15IN4O3. The predicted octanol–water partition coefficient (Wildman–Crippen LogP) is 2.19. The first-order chi connectivity index (χ1) is 10.5. The van der Waals surface area contributed by atoms with Gasteiger partial charge in [0.15, 0.2) is 17.2 Å². The Balaban J connectivity index is 2.11. The van der Waals surface area contributed by atoms with Crippen molar-refractivity contribution in [3.05, 3.63) is 38.7 Å². The van der Waals surface area contributed by atoms with E-state index >= 15 is 0 Å². The number of hydrazone groups is 1. The molecule has 116 valence electrons. The smallest absolute Gasteiger partial charge is 0.291 e. The number of benzene rings is 1. The zero-order valence-corrected chi connectivity index (χ0v) is 14.2. The third kappa shape index (κ3) is 3.97. The van der Waals surface area contributed by atoms with Crippen LogP contribution in [0.4, 0.5) is 0 Å². The van der Waals surface area contributed by atoms with Gasteiger partial charge in [0.2, 0.25) is 0 Å². The molecule has 0 aliphatic heterocycles. The number of hydrogen-bond donors (Lipinski definition) is 3. The summed E-state index contributed by atoms with van der Waals surface area (Å²) in [6.07, 6.45) is 1.36. The van der Waals surface area contributed by atoms with Crippen molar-refractivity contribution in [1.29, 1.82) is 0 Å². The first-order valence-electron chi connectivity index (χ1n) is 6.52. The number of aromatic nitrogens is 2. The quantitative estimate of drug-likeness (QED) is 0.397. The third-order valence-corrected chi connectivity index (χ3v) is 3.30. The average molecular weight is 414 g/mol. The van der Waals surface area contributed by atoms with Crippen molar-refractivity contribution < 1.29 is 14.6 Å². The van der Waals surface area contributed by atoms with Crippen molar-refractivity contribution in [2.24, 2.45) is 5.10 Å². The molecule has 0 saturated carbocycles. The van der Waals surface area contributed by atoms with Gasteiger partial charge in [-0.05, 0) is 54.6 Å². The molecule has 1 heterocycles. The van der Waals surface area contributed by atoms with Crippen LogP contribution in [0.5, 0.6) is 11.5 Å². The Morgan fingerprint density at radius 1 is 1.55 bits per heavy atom. The van der Waals surface area contributed by atoms with Gasteiger partial charge in [0, 0.05) is 14.8 Å². The van der Waals surface area contributed by atoms with Crippen LogP contribution in [0.3, 0.4) is 0 Å². The van der Waals surface area contributed by atoms with E-state index < -0.39 is 5.91 Å². The molecular weight excluding hydrogens is 399 g/mol. The van der Waals surface area contributed by atoms with E-state index in [4.69, 9.17) is 4.74 Å². The summed E-state index contributed by atoms with van der Waals surface area (Å²) in [5.74, 6) is -0.0725. The first kappa shape index (κ1) is 16.3. The van der Waals surface area contributed by atoms with Crippen molar-refractivity contribution in [2.45, 2.75) is 13.8 Å². The first-order valence-corrected chi connectivity index (χ1v) is 7.60. The molecule has 7 nitrogen and oxygen atoms in total. The Labute approximate surface area is 140 Å². The number of phenolic OH excluding ortho intramolecular Hbond substituents is 1. The molecule has 1 aromatic heterocycles. The van der Waals surface area contributed by atoms with Crippen molar-refractivity contribution >= 4 is 34.7 Å². The van der Waals surface area contributed by atoms with Crippen LogP contribution in [0.1, 0.15) is 28.7 Å². The fraction of sp³-hybridized carbons (Fsp3) is 0.214. The van der Waals surface area contributed by atoms with Gasteiger partial charge >= 0.3 is 0 Å². The largest absolute Gasteiger partial charge is 0.504 e. The second-order valence-electron chi connectivity index (χ2n) is 4.41. The monoisotopic (exact) mass is 414 g/mol. The van der Waals surface area contributed by atoms with Gasteiger partial charge in [-0.1, -0.05) is 0 Å². The summed E-state index contributed by atoms with van der Waals surface area (Å²) in [7, 11) is 0. The van der Waals surface area contributed by atoms with Gasteiger partial charge in [-0.2, -0.15) is 10.2 Å². The number of H-pyrrole nitrogens is 1. The summed E-state index contributed by atoms with van der Waals surface area (Å²) in [5.41, 5.74) is 3.84. The lowest BCUT2D eigenvalue weighted by molar-refractivity contribution is 0.0950. The molecule has 8 heteroatoms. The number of hydrogen-bond acceptors (Lipinski definition) is 5. The van der Waals surface area contributed by atoms with Gasteiger partial charge in [0.05, 0.1) is 12.8 Å². The molecule has 0 bridgehead atoms. The standard InChI is InChI=1S/C14H15IN4O3/c1-3-22-12-6-10(15)5-9(13(12)20)7-16-19-14(21)11-4-8(2)17-18-11/h4-7,20H,3H2,1-2H3,(H,17,18)(H,19,21)/b16-7+. The number of carbonyl (C=O) groups is 1. The molecule has 1 aromatic carbocycles. The number of carbonyl (C=O) groups excluding carboxylic acids is 1. The second kappa shape index (κ2) is 7.25. The van der Waals surface area contributed by atoms with E-state index in [0.717, 1.165) is 9.26 Å². The number of phenols is 1. The predicted molar refractivity (Wildman–Crippen MR) is 90.4 cm³/mol. The zero-order valence-electron chi connectivity index (χ0n) is 12.1. The van der Waals surface area contributed by atoms with Crippen LogP contribution in [0.25, 0.3) is 0 Å². The minimum Gasteiger partial charge on any atom is -0.504 e. The number of aromatic hydroxyl groups is 1. The molecule has 3 N–H and O–H groups in total. The Hall–Kier alpha value is -2.10. The lowest BCUT2D eigenvalue weighted by Gasteiger charge is -2.08. The molecule has 0 saturated heterocycles. The molecule has 0 fully saturated rings. The van der Waals surface area contributed by atoms with Gasteiger partial charge in [0.25, 0.3) is 5.91 Å². The Bertz CT molecular complexity index is 712. The number of aromatic amines is 1. The van der Waals surface area contributed by atoms with Crippen molar-refractivity contribution in [3.8, 4) is 11.5 Å². The second-order valence-corrected chi connectivity index (χ2v) is 5.66. The highest BCUT2D eigenvalue weighted by Crippen LogP contribution is 2.31. The van der Waals surface area contributed by atoms with Crippen LogP contribution < -0.4 is 10.2 Å². The van der Waals surface area contributed by atoms with Crippen LogP contribution in [-0.4, -0.2) is 34.0 Å². The number of ether oxygens (including phenoxy) is 1. The highest BCUT2D eigenvalue weighted by atomic mass is 127. The summed E-state index contributed by atoms with van der Waals surface area (Å²) in [6, 6.07) is 5.07. The number of halogens is 1. The highest BCUT2D eigenvalue weighted by molar-refractivity contribution is 14.1. The summed E-state index contributed by atoms with van der Waals surface area (Å²) in [5, 5.41) is 20.4. The van der Waals surface area contributed by atoms with Crippen molar-refractivity contribution in [2.75, 3.05) is 6.61 Å². The maximum atomic E-state index is 11.8. The van der Waals surface area contributed by atoms with Crippen molar-refractivity contribution in [1.82, 2.24) is 15.6 Å². The minimum absolute atomic E-state index is 0.0177. The summed E-state index contributed by atoms with van der Waals surface area (Å²) >= 11 is 2.11. The molecule has 0 radical (unpaired) electrons. The van der Waals surface area contributed by atoms with Crippen LogP contribution >= 0.6 is 22.6 Å². The third-order valence-electron chi connectivity index (χ3n) is 2.68. The molecule has 0 unspecified atom stereocenters. The van der Waals surface area contributed by atoms with Crippen molar-refractivity contribution in [3.63, 3.8) is 0 Å². The molecule has 22 heavy (non-hydrogen) atoms. The summed E-state index contributed by atoms with van der Waals surface area (Å²) in [4.78, 5) is 11.8. The molecule has 0 spiro atoms. The molecule has 0 aliphatic carbocycles. The summed E-state index contributed by atoms with van der Waals surface area (Å²) in [6.45, 7) is 4.07. The maximum absolute atomic E-state index is 11.8. The molecule has 0 atom stereocenters. The molecule has 2 rings (SSSR count). The molecule has 1 amide bonds. The van der Waals surface area contributed by atoms with Gasteiger partial charge < -0.3 is 9.84 Å². The Kier molecular flexibility index (Phi) is 5.36. The number of nitrogens with zero attached hydrogens (tertiary/aromatic N) is 2. The van der Waals surface area contributed by atoms with Crippen LogP contribution in [0.15, 0.2) is 23.3 Å². The molecule has 2 aromatic rings. The fourth-order valence-corrected chi connectivity index (χ4v) is 2.33. The number of aryl methyl sites for hydroxylation is 1. The number of nitrogens with one attached hydrogen (secondary N) is 2. The Morgan fingerprint density at radius 2 is 2.32 bits per heavy atom. The van der Waals surface area contributed by atoms with E-state index in [1.807, 2.05) is 6.92 Å². The van der Waals surface area contributed by atoms with Gasteiger partial charge in [-0.15, -0.1) is 0 Å². The van der Waals surface area contributed by atoms with E-state index in [9.17, 15) is 9.90 Å². The van der Waals surface area contributed by atoms with E-state index in [2.05, 4.69) is 43.3 Å². The van der Waals surface area contributed by atoms with Gasteiger partial charge in [-0.25, -0.2) is 5.43 Å². The normalized spacial score (nSPS) is 10.9. The lowest BCUT2D eigenvalue weighted by Crippen LogP contribution is -2.18. The fourth-order valence-electron chi connectivity index (χ4n) is 1.71. The van der Waals surface area contributed by atoms with Gasteiger partial charge in [-0.3, -0.25) is 9.89 Å². The molecule has 0 aliphatic rings. The van der Waals surface area contributed by atoms with E-state index in [0.29, 0.717) is 17.9 Å². The number of amides is 1. The maximum Gasteiger partial charge on any atom is 0.291 e. The van der Waals surface area contributed by atoms with E-state index in [1.165, 1.54) is 6.21 Å². The average Bonchev–Trinajstić information content (AvgIpc) is 2.90. The number of rotatable bonds is 5. The minimum atomic E-state index is -0.434. The summed E-state index contributed by atoms with van der Waals surface area (Å²) < 4.78 is 6.22. The van der Waals surface area contributed by atoms with Crippen LogP contribution in [0.2, 0.25) is 0 Å². The van der Waals surface area contributed by atoms with E-state index in [-0.39, 0.29) is 11.4 Å². The Morgan fingerprint density at radius 3 is 2.95 bits per heavy atom. The lowest BCUT2D eigenvalue weighted by atomic mass is 10.2. The topological polar surface area (TPSA) is 99.6 Å². The SMILES string of the molecule is CCOc1cc(I)cc(/C=N/NC(=O)c2cc(C)[nH]n2)c1O. The zero-order chi connectivity index (χ0) is 16.1. The van der Waals surface area contributed by atoms with E-state index in [1.54, 1.807) is 25.1 Å². The highest BCUT2D eigenvalue weighted by Gasteiger charge is 2.10.